The molecule has 92 valence electrons. The number of thioether (sulfide) groups is 1. The number of hydrogen-bond acceptors (Lipinski definition) is 4. The van der Waals surface area contributed by atoms with Crippen LogP contribution in [-0.4, -0.2) is 34.5 Å². The second-order valence-electron chi connectivity index (χ2n) is 3.89. The maximum absolute atomic E-state index is 11.7. The summed E-state index contributed by atoms with van der Waals surface area (Å²) in [6.07, 6.45) is 3.13. The van der Waals surface area contributed by atoms with Crippen molar-refractivity contribution in [2.45, 2.75) is 18.9 Å². The van der Waals surface area contributed by atoms with E-state index in [9.17, 15) is 9.59 Å². The van der Waals surface area contributed by atoms with Crippen LogP contribution in [0.15, 0.2) is 16.7 Å². The van der Waals surface area contributed by atoms with E-state index >= 15 is 0 Å². The lowest BCUT2D eigenvalue weighted by Crippen LogP contribution is -2.38. The molecule has 1 aliphatic heterocycles. The number of amides is 1. The average molecular weight is 255 g/mol. The quantitative estimate of drug-likeness (QED) is 0.857. The summed E-state index contributed by atoms with van der Waals surface area (Å²) < 4.78 is 4.93. The Balaban J connectivity index is 1.96. The highest BCUT2D eigenvalue weighted by Crippen LogP contribution is 2.17. The first kappa shape index (κ1) is 12.0. The van der Waals surface area contributed by atoms with Gasteiger partial charge in [-0.3, -0.25) is 4.79 Å². The van der Waals surface area contributed by atoms with Crippen molar-refractivity contribution in [1.29, 1.82) is 0 Å². The highest BCUT2D eigenvalue weighted by molar-refractivity contribution is 7.99. The summed E-state index contributed by atoms with van der Waals surface area (Å²) in [7, 11) is 0. The Hall–Kier alpha value is -1.43. The Morgan fingerprint density at radius 3 is 2.94 bits per heavy atom. The molecule has 0 aliphatic carbocycles. The molecule has 2 rings (SSSR count). The third kappa shape index (κ3) is 3.03. The number of rotatable bonds is 3. The minimum atomic E-state index is -1.10. The molecule has 0 saturated carbocycles. The van der Waals surface area contributed by atoms with E-state index in [1.165, 1.54) is 6.07 Å². The minimum absolute atomic E-state index is 0.00632. The van der Waals surface area contributed by atoms with Gasteiger partial charge in [-0.25, -0.2) is 4.79 Å². The van der Waals surface area contributed by atoms with Crippen molar-refractivity contribution in [3.63, 3.8) is 0 Å². The molecule has 17 heavy (non-hydrogen) atoms. The topological polar surface area (TPSA) is 79.5 Å². The standard InChI is InChI=1S/C11H13NO4S/c13-10(12-8-2-1-3-17-6-8)9-4-7(5-16-9)11(14)15/h4-5,8H,1-3,6H2,(H,12,13)(H,14,15). The highest BCUT2D eigenvalue weighted by atomic mass is 32.2. The van der Waals surface area contributed by atoms with E-state index in [1.807, 2.05) is 11.8 Å². The largest absolute Gasteiger partial charge is 0.478 e. The Morgan fingerprint density at radius 2 is 2.35 bits per heavy atom. The van der Waals surface area contributed by atoms with E-state index in [0.29, 0.717) is 0 Å². The molecule has 1 unspecified atom stereocenters. The van der Waals surface area contributed by atoms with Gasteiger partial charge in [-0.1, -0.05) is 0 Å². The maximum atomic E-state index is 11.7. The Bertz CT molecular complexity index is 423. The van der Waals surface area contributed by atoms with Crippen molar-refractivity contribution in [3.8, 4) is 0 Å². The second-order valence-corrected chi connectivity index (χ2v) is 5.04. The summed E-state index contributed by atoms with van der Waals surface area (Å²) in [4.78, 5) is 22.4. The molecule has 2 heterocycles. The van der Waals surface area contributed by atoms with Gasteiger partial charge in [0.05, 0.1) is 5.56 Å². The van der Waals surface area contributed by atoms with Gasteiger partial charge < -0.3 is 14.8 Å². The van der Waals surface area contributed by atoms with Gasteiger partial charge in [-0.2, -0.15) is 11.8 Å². The molecule has 1 aromatic heterocycles. The first-order valence-corrected chi connectivity index (χ1v) is 6.52. The van der Waals surface area contributed by atoms with Crippen molar-refractivity contribution in [3.05, 3.63) is 23.7 Å². The number of hydrogen-bond donors (Lipinski definition) is 2. The van der Waals surface area contributed by atoms with E-state index in [2.05, 4.69) is 5.32 Å². The first-order chi connectivity index (χ1) is 8.16. The molecule has 1 amide bonds. The molecule has 1 aliphatic rings. The zero-order valence-corrected chi connectivity index (χ0v) is 9.96. The lowest BCUT2D eigenvalue weighted by atomic mass is 10.2. The summed E-state index contributed by atoms with van der Waals surface area (Å²) in [5.74, 6) is 0.651. The van der Waals surface area contributed by atoms with Crippen LogP contribution in [0.3, 0.4) is 0 Å². The van der Waals surface area contributed by atoms with Gasteiger partial charge in [0.15, 0.2) is 5.76 Å². The molecule has 0 spiro atoms. The van der Waals surface area contributed by atoms with Crippen molar-refractivity contribution < 1.29 is 19.1 Å². The van der Waals surface area contributed by atoms with Gasteiger partial charge in [-0.05, 0) is 18.6 Å². The molecule has 6 heteroatoms. The van der Waals surface area contributed by atoms with Crippen LogP contribution in [0.1, 0.15) is 33.8 Å². The lowest BCUT2D eigenvalue weighted by molar-refractivity contribution is 0.0695. The fourth-order valence-corrected chi connectivity index (χ4v) is 2.75. The third-order valence-electron chi connectivity index (χ3n) is 2.57. The molecule has 0 bridgehead atoms. The number of aromatic carboxylic acids is 1. The van der Waals surface area contributed by atoms with E-state index < -0.39 is 5.97 Å². The average Bonchev–Trinajstić information content (AvgIpc) is 2.79. The number of carbonyl (C=O) groups excluding carboxylic acids is 1. The lowest BCUT2D eigenvalue weighted by Gasteiger charge is -2.21. The molecule has 0 radical (unpaired) electrons. The van der Waals surface area contributed by atoms with Crippen LogP contribution in [-0.2, 0) is 0 Å². The first-order valence-electron chi connectivity index (χ1n) is 5.37. The number of nitrogens with one attached hydrogen (secondary N) is 1. The molecule has 1 saturated heterocycles. The van der Waals surface area contributed by atoms with Gasteiger partial charge in [0.1, 0.15) is 6.26 Å². The Labute approximate surface area is 103 Å². The maximum Gasteiger partial charge on any atom is 0.338 e. The van der Waals surface area contributed by atoms with Gasteiger partial charge >= 0.3 is 5.97 Å². The summed E-state index contributed by atoms with van der Waals surface area (Å²) >= 11 is 1.81. The van der Waals surface area contributed by atoms with Crippen molar-refractivity contribution in [1.82, 2.24) is 5.32 Å². The van der Waals surface area contributed by atoms with Crippen LogP contribution in [0.4, 0.5) is 0 Å². The van der Waals surface area contributed by atoms with E-state index in [4.69, 9.17) is 9.52 Å². The third-order valence-corrected chi connectivity index (χ3v) is 3.78. The number of furan rings is 1. The highest BCUT2D eigenvalue weighted by Gasteiger charge is 2.20. The Kier molecular flexibility index (Phi) is 3.73. The smallest absolute Gasteiger partial charge is 0.338 e. The van der Waals surface area contributed by atoms with Crippen LogP contribution < -0.4 is 5.32 Å². The SMILES string of the molecule is O=C(O)c1coc(C(=O)NC2CCCSC2)c1. The van der Waals surface area contributed by atoms with Gasteiger partial charge in [0.25, 0.3) is 5.91 Å². The van der Waals surface area contributed by atoms with E-state index in [1.54, 1.807) is 0 Å². The molecule has 5 nitrogen and oxygen atoms in total. The van der Waals surface area contributed by atoms with Crippen LogP contribution in [0, 0.1) is 0 Å². The normalized spacial score (nSPS) is 19.9. The van der Waals surface area contributed by atoms with Gasteiger partial charge in [-0.15, -0.1) is 0 Å². The monoisotopic (exact) mass is 255 g/mol. The predicted molar refractivity (Wildman–Crippen MR) is 63.5 cm³/mol. The molecule has 0 aromatic carbocycles. The second kappa shape index (κ2) is 5.27. The fraction of sp³-hybridized carbons (Fsp3) is 0.455. The summed E-state index contributed by atoms with van der Waals surface area (Å²) in [6, 6.07) is 1.40. The number of carboxylic acids is 1. The summed E-state index contributed by atoms with van der Waals surface area (Å²) in [5.41, 5.74) is -0.00632. The summed E-state index contributed by atoms with van der Waals surface area (Å²) in [6.45, 7) is 0. The fourth-order valence-electron chi connectivity index (χ4n) is 1.68. The summed E-state index contributed by atoms with van der Waals surface area (Å²) in [5, 5.41) is 11.5. The minimum Gasteiger partial charge on any atom is -0.478 e. The molecule has 2 N–H and O–H groups in total. The van der Waals surface area contributed by atoms with Crippen LogP contribution in [0.5, 0.6) is 0 Å². The zero-order valence-electron chi connectivity index (χ0n) is 9.14. The number of carbonyl (C=O) groups is 2. The van der Waals surface area contributed by atoms with Crippen molar-refractivity contribution >= 4 is 23.6 Å². The van der Waals surface area contributed by atoms with Gasteiger partial charge in [0, 0.05) is 17.9 Å². The zero-order chi connectivity index (χ0) is 12.3. The Morgan fingerprint density at radius 1 is 1.53 bits per heavy atom. The van der Waals surface area contributed by atoms with E-state index in [-0.39, 0.29) is 23.3 Å². The molecule has 1 atom stereocenters. The van der Waals surface area contributed by atoms with Gasteiger partial charge in [0.2, 0.25) is 0 Å². The predicted octanol–water partition coefficient (Wildman–Crippen LogP) is 1.60. The van der Waals surface area contributed by atoms with Crippen molar-refractivity contribution in [2.24, 2.45) is 0 Å². The van der Waals surface area contributed by atoms with Crippen LogP contribution >= 0.6 is 11.8 Å². The van der Waals surface area contributed by atoms with Crippen LogP contribution in [0.2, 0.25) is 0 Å². The van der Waals surface area contributed by atoms with Crippen molar-refractivity contribution in [2.75, 3.05) is 11.5 Å². The van der Waals surface area contributed by atoms with E-state index in [0.717, 1.165) is 30.6 Å². The molecule has 1 aromatic rings. The molecular weight excluding hydrogens is 242 g/mol. The molecular formula is C11H13NO4S. The van der Waals surface area contributed by atoms with Crippen LogP contribution in [0.25, 0.3) is 0 Å². The number of carboxylic acid groups (broad SMARTS) is 1. The molecule has 1 fully saturated rings.